The summed E-state index contributed by atoms with van der Waals surface area (Å²) in [4.78, 5) is 14.4. The van der Waals surface area contributed by atoms with Crippen molar-refractivity contribution in [1.29, 1.82) is 0 Å². The number of nitrogens with one attached hydrogen (secondary N) is 1. The van der Waals surface area contributed by atoms with E-state index in [4.69, 9.17) is 37.7 Å². The van der Waals surface area contributed by atoms with E-state index in [1.165, 1.54) is 18.9 Å². The summed E-state index contributed by atoms with van der Waals surface area (Å²) in [5.41, 5.74) is 1.70. The Balaban J connectivity index is 1.17. The zero-order valence-corrected chi connectivity index (χ0v) is 27.1. The summed E-state index contributed by atoms with van der Waals surface area (Å²) >= 11 is 13.5. The standard InChI is InChI=1S/C34H40Cl2FN5O3/c1-18(13-42-22-4-5-23(42)17-44-16-22)15-45-34-39-32-26(33(40-34)41-7-6-19-8-21(14-41)38-12-19)11-28(36)30(31(32)37)25-9-24(43)10-27(35)29(25)20-2-3-20/h9-11,18-23,38,43H,2-8,12-17H2,1H3/t18-,19?,21?,22?,23?/m1/s1. The Kier molecular flexibility index (Phi) is 7.97. The van der Waals surface area contributed by atoms with Crippen molar-refractivity contribution in [3.8, 4) is 22.9 Å². The van der Waals surface area contributed by atoms with E-state index in [0.29, 0.717) is 52.4 Å². The Morgan fingerprint density at radius 1 is 1.09 bits per heavy atom. The molecule has 5 fully saturated rings. The highest BCUT2D eigenvalue weighted by Crippen LogP contribution is 2.51. The van der Waals surface area contributed by atoms with Gasteiger partial charge in [0.05, 0.1) is 24.8 Å². The van der Waals surface area contributed by atoms with Crippen LogP contribution in [0.25, 0.3) is 22.0 Å². The number of rotatable bonds is 8. The largest absolute Gasteiger partial charge is 0.508 e. The van der Waals surface area contributed by atoms with Gasteiger partial charge in [-0.3, -0.25) is 4.90 Å². The lowest BCUT2D eigenvalue weighted by Gasteiger charge is -2.36. The van der Waals surface area contributed by atoms with Gasteiger partial charge >= 0.3 is 6.01 Å². The van der Waals surface area contributed by atoms with E-state index < -0.39 is 5.82 Å². The Morgan fingerprint density at radius 2 is 1.89 bits per heavy atom. The number of morpholine rings is 1. The zero-order valence-electron chi connectivity index (χ0n) is 25.6. The van der Waals surface area contributed by atoms with E-state index in [0.717, 1.165) is 70.6 Å². The second-order valence-electron chi connectivity index (χ2n) is 13.9. The molecular formula is C34H40Cl2FN5O3. The van der Waals surface area contributed by atoms with Crippen LogP contribution in [-0.2, 0) is 4.74 Å². The molecule has 1 aromatic heterocycles. The third-order valence-electron chi connectivity index (χ3n) is 10.5. The first-order valence-electron chi connectivity index (χ1n) is 16.5. The van der Waals surface area contributed by atoms with E-state index in [1.807, 2.05) is 0 Å². The van der Waals surface area contributed by atoms with Gasteiger partial charge in [-0.05, 0) is 86.2 Å². The average Bonchev–Trinajstić information content (AvgIpc) is 3.73. The summed E-state index contributed by atoms with van der Waals surface area (Å²) in [7, 11) is 0. The second kappa shape index (κ2) is 12.0. The maximum atomic E-state index is 16.9. The molecule has 2 aromatic carbocycles. The van der Waals surface area contributed by atoms with Crippen molar-refractivity contribution in [2.75, 3.05) is 50.9 Å². The lowest BCUT2D eigenvalue weighted by atomic mass is 9.94. The molecule has 1 saturated carbocycles. The molecule has 5 heterocycles. The molecular weight excluding hydrogens is 616 g/mol. The first-order valence-corrected chi connectivity index (χ1v) is 17.2. The number of ether oxygens (including phenoxy) is 2. The van der Waals surface area contributed by atoms with Crippen molar-refractivity contribution in [3.63, 3.8) is 0 Å². The van der Waals surface area contributed by atoms with Crippen LogP contribution in [-0.4, -0.2) is 84.1 Å². The SMILES string of the molecule is C[C@@H](COc1nc(N2CCC3CNC(C3)C2)c2cc(Cl)c(-c3cc(O)cc(Cl)c3C3CC3)c(F)c2n1)CN1C2CCC1COC2. The molecule has 0 radical (unpaired) electrons. The number of hydrogen-bond acceptors (Lipinski definition) is 8. The van der Waals surface area contributed by atoms with E-state index in [2.05, 4.69) is 27.0 Å². The summed E-state index contributed by atoms with van der Waals surface area (Å²) in [6.45, 7) is 7.74. The number of anilines is 1. The Labute approximate surface area is 273 Å². The molecule has 240 valence electrons. The quantitative estimate of drug-likeness (QED) is 0.289. The average molecular weight is 657 g/mol. The van der Waals surface area contributed by atoms with Gasteiger partial charge in [-0.1, -0.05) is 30.1 Å². The number of benzene rings is 2. The summed E-state index contributed by atoms with van der Waals surface area (Å²) < 4.78 is 29.0. The summed E-state index contributed by atoms with van der Waals surface area (Å²) in [5, 5.41) is 15.3. The van der Waals surface area contributed by atoms with Gasteiger partial charge < -0.3 is 24.8 Å². The van der Waals surface area contributed by atoms with Crippen LogP contribution < -0.4 is 15.0 Å². The van der Waals surface area contributed by atoms with Gasteiger partial charge in [-0.25, -0.2) is 4.39 Å². The lowest BCUT2D eigenvalue weighted by molar-refractivity contribution is -0.0229. The molecule has 4 aliphatic heterocycles. The Morgan fingerprint density at radius 3 is 2.67 bits per heavy atom. The lowest BCUT2D eigenvalue weighted by Crippen LogP contribution is -2.48. The molecule has 1 aliphatic carbocycles. The fourth-order valence-electron chi connectivity index (χ4n) is 8.10. The number of phenolic OH excluding ortho intramolecular Hbond substituents is 1. The highest BCUT2D eigenvalue weighted by atomic mass is 35.5. The van der Waals surface area contributed by atoms with Crippen LogP contribution in [0.3, 0.4) is 0 Å². The summed E-state index contributed by atoms with van der Waals surface area (Å²) in [6.07, 6.45) is 6.45. The maximum absolute atomic E-state index is 16.9. The topological polar surface area (TPSA) is 83.0 Å². The molecule has 0 spiro atoms. The minimum Gasteiger partial charge on any atom is -0.508 e. The van der Waals surface area contributed by atoms with Crippen molar-refractivity contribution in [3.05, 3.63) is 39.6 Å². The Bertz CT molecular complexity index is 1610. The van der Waals surface area contributed by atoms with Crippen molar-refractivity contribution < 1.29 is 19.0 Å². The number of halogens is 3. The highest BCUT2D eigenvalue weighted by Gasteiger charge is 2.38. The number of aromatic hydroxyl groups is 1. The third kappa shape index (κ3) is 5.73. The molecule has 5 aliphatic rings. The highest BCUT2D eigenvalue weighted by molar-refractivity contribution is 6.35. The fraction of sp³-hybridized carbons (Fsp3) is 0.588. The first-order chi connectivity index (χ1) is 21.8. The minimum atomic E-state index is -0.554. The van der Waals surface area contributed by atoms with Gasteiger partial charge in [0.1, 0.15) is 17.1 Å². The number of fused-ring (bicyclic) bond motifs is 5. The number of hydrogen-bond donors (Lipinski definition) is 2. The molecule has 0 amide bonds. The van der Waals surface area contributed by atoms with E-state index in [1.54, 1.807) is 12.1 Å². The molecule has 45 heavy (non-hydrogen) atoms. The van der Waals surface area contributed by atoms with Gasteiger partial charge in [0.2, 0.25) is 0 Å². The number of phenols is 1. The molecule has 11 heteroatoms. The van der Waals surface area contributed by atoms with E-state index >= 15 is 4.39 Å². The minimum absolute atomic E-state index is 0.0304. The van der Waals surface area contributed by atoms with Gasteiger partial charge in [0, 0.05) is 59.7 Å². The fourth-order valence-corrected chi connectivity index (χ4v) is 8.76. The Hall–Kier alpha value is -2.43. The molecule has 2 N–H and O–H groups in total. The van der Waals surface area contributed by atoms with Crippen molar-refractivity contribution >= 4 is 39.9 Å². The number of aromatic nitrogens is 2. The van der Waals surface area contributed by atoms with Crippen LogP contribution in [0.5, 0.6) is 11.8 Å². The van der Waals surface area contributed by atoms with Gasteiger partial charge in [-0.15, -0.1) is 0 Å². The van der Waals surface area contributed by atoms with Gasteiger partial charge in [-0.2, -0.15) is 9.97 Å². The van der Waals surface area contributed by atoms with Crippen LogP contribution in [0.4, 0.5) is 10.2 Å². The van der Waals surface area contributed by atoms with Crippen LogP contribution in [0, 0.1) is 17.7 Å². The predicted octanol–water partition coefficient (Wildman–Crippen LogP) is 6.39. The molecule has 5 atom stereocenters. The van der Waals surface area contributed by atoms with Crippen LogP contribution in [0.15, 0.2) is 18.2 Å². The second-order valence-corrected chi connectivity index (χ2v) is 14.7. The third-order valence-corrected chi connectivity index (χ3v) is 11.1. The van der Waals surface area contributed by atoms with Crippen LogP contribution in [0.1, 0.15) is 56.9 Å². The van der Waals surface area contributed by atoms with E-state index in [-0.39, 0.29) is 39.7 Å². The predicted molar refractivity (Wildman–Crippen MR) is 174 cm³/mol. The van der Waals surface area contributed by atoms with Crippen molar-refractivity contribution in [2.45, 2.75) is 69.5 Å². The van der Waals surface area contributed by atoms with Crippen molar-refractivity contribution in [2.24, 2.45) is 11.8 Å². The molecule has 8 rings (SSSR count). The van der Waals surface area contributed by atoms with Gasteiger partial charge in [0.15, 0.2) is 5.82 Å². The molecule has 3 aromatic rings. The van der Waals surface area contributed by atoms with E-state index in [9.17, 15) is 5.11 Å². The molecule has 8 nitrogen and oxygen atoms in total. The summed E-state index contributed by atoms with van der Waals surface area (Å²) in [6, 6.07) is 6.33. The first kappa shape index (κ1) is 29.9. The maximum Gasteiger partial charge on any atom is 0.319 e. The molecule has 4 unspecified atom stereocenters. The van der Waals surface area contributed by atoms with Gasteiger partial charge in [0.25, 0.3) is 0 Å². The van der Waals surface area contributed by atoms with Crippen LogP contribution in [0.2, 0.25) is 10.0 Å². The normalized spacial score (nSPS) is 27.2. The smallest absolute Gasteiger partial charge is 0.319 e. The molecule has 4 saturated heterocycles. The monoisotopic (exact) mass is 655 g/mol. The molecule has 4 bridgehead atoms. The van der Waals surface area contributed by atoms with Crippen molar-refractivity contribution in [1.82, 2.24) is 20.2 Å². The summed E-state index contributed by atoms with van der Waals surface area (Å²) in [5.74, 6) is 1.13. The zero-order chi connectivity index (χ0) is 30.8. The number of nitrogens with zero attached hydrogens (tertiary/aromatic N) is 4. The van der Waals surface area contributed by atoms with Crippen LogP contribution >= 0.6 is 23.2 Å².